The highest BCUT2D eigenvalue weighted by atomic mass is 19.1. The highest BCUT2D eigenvalue weighted by Gasteiger charge is 2.31. The number of hydrogen-bond donors (Lipinski definition) is 1. The Morgan fingerprint density at radius 3 is 2.85 bits per heavy atom. The van der Waals surface area contributed by atoms with E-state index in [-0.39, 0.29) is 35.7 Å². The molecule has 0 spiro atoms. The van der Waals surface area contributed by atoms with E-state index in [1.165, 1.54) is 30.5 Å². The molecule has 2 aromatic rings. The Hall–Kier alpha value is -3.22. The van der Waals surface area contributed by atoms with Gasteiger partial charge in [0.25, 0.3) is 0 Å². The van der Waals surface area contributed by atoms with Gasteiger partial charge in [0.15, 0.2) is 0 Å². The van der Waals surface area contributed by atoms with Gasteiger partial charge in [-0.25, -0.2) is 9.18 Å². The molecule has 1 aliphatic heterocycles. The number of aryl methyl sites for hydroxylation is 1. The Morgan fingerprint density at radius 1 is 1.38 bits per heavy atom. The minimum absolute atomic E-state index is 0.0920. The third-order valence-electron chi connectivity index (χ3n) is 4.27. The van der Waals surface area contributed by atoms with E-state index in [0.717, 1.165) is 0 Å². The van der Waals surface area contributed by atoms with E-state index < -0.39 is 11.9 Å². The summed E-state index contributed by atoms with van der Waals surface area (Å²) in [5, 5.41) is 10.5. The second-order valence-electron chi connectivity index (χ2n) is 5.95. The minimum Gasteiger partial charge on any atom is -0.507 e. The van der Waals surface area contributed by atoms with E-state index in [4.69, 9.17) is 0 Å². The summed E-state index contributed by atoms with van der Waals surface area (Å²) in [6, 6.07) is 6.29. The number of pyridine rings is 1. The summed E-state index contributed by atoms with van der Waals surface area (Å²) < 4.78 is 18.5. The molecule has 2 heterocycles. The maximum absolute atomic E-state index is 13.9. The average Bonchev–Trinajstić information content (AvgIpc) is 2.74. The largest absolute Gasteiger partial charge is 0.507 e. The SMILES string of the molecule is COC(=O)C1=C(O)c2cnccc2N(Cc2ccc(C)c(F)c2)C(=O)C1. The lowest BCUT2D eigenvalue weighted by atomic mass is 10.1. The number of aromatic nitrogens is 1. The maximum Gasteiger partial charge on any atom is 0.338 e. The fourth-order valence-electron chi connectivity index (χ4n) is 2.81. The van der Waals surface area contributed by atoms with Crippen molar-refractivity contribution in [3.05, 3.63) is 64.7 Å². The molecule has 7 heteroatoms. The first-order valence-corrected chi connectivity index (χ1v) is 7.92. The summed E-state index contributed by atoms with van der Waals surface area (Å²) in [4.78, 5) is 30.1. The van der Waals surface area contributed by atoms with Crippen LogP contribution in [0.15, 0.2) is 42.2 Å². The quantitative estimate of drug-likeness (QED) is 0.856. The summed E-state index contributed by atoms with van der Waals surface area (Å²) >= 11 is 0. The molecule has 1 amide bonds. The van der Waals surface area contributed by atoms with Gasteiger partial charge in [-0.05, 0) is 30.2 Å². The van der Waals surface area contributed by atoms with Crippen molar-refractivity contribution in [3.63, 3.8) is 0 Å². The van der Waals surface area contributed by atoms with Gasteiger partial charge >= 0.3 is 5.97 Å². The number of ether oxygens (including phenoxy) is 1. The predicted octanol–water partition coefficient (Wildman–Crippen LogP) is 2.91. The second-order valence-corrected chi connectivity index (χ2v) is 5.95. The lowest BCUT2D eigenvalue weighted by molar-refractivity contribution is -0.137. The number of benzene rings is 1. The van der Waals surface area contributed by atoms with E-state index in [1.807, 2.05) is 0 Å². The number of hydrogen-bond acceptors (Lipinski definition) is 5. The maximum atomic E-state index is 13.9. The predicted molar refractivity (Wildman–Crippen MR) is 92.7 cm³/mol. The average molecular weight is 356 g/mol. The van der Waals surface area contributed by atoms with Crippen LogP contribution in [-0.2, 0) is 20.9 Å². The Bertz CT molecular complexity index is 924. The van der Waals surface area contributed by atoms with Crippen LogP contribution in [0.2, 0.25) is 0 Å². The van der Waals surface area contributed by atoms with Crippen molar-refractivity contribution in [1.82, 2.24) is 4.98 Å². The number of esters is 1. The van der Waals surface area contributed by atoms with Gasteiger partial charge in [-0.2, -0.15) is 0 Å². The highest BCUT2D eigenvalue weighted by Crippen LogP contribution is 2.34. The van der Waals surface area contributed by atoms with Crippen molar-refractivity contribution in [2.24, 2.45) is 0 Å². The zero-order valence-electron chi connectivity index (χ0n) is 14.3. The number of rotatable bonds is 3. The van der Waals surface area contributed by atoms with E-state index >= 15 is 0 Å². The molecule has 0 radical (unpaired) electrons. The lowest BCUT2D eigenvalue weighted by Crippen LogP contribution is -2.30. The molecular formula is C19H17FN2O4. The molecule has 1 aromatic carbocycles. The number of aliphatic hydroxyl groups is 1. The first-order valence-electron chi connectivity index (χ1n) is 7.92. The van der Waals surface area contributed by atoms with Gasteiger partial charge in [-0.3, -0.25) is 9.78 Å². The number of anilines is 1. The van der Waals surface area contributed by atoms with Gasteiger partial charge in [0.05, 0.1) is 36.9 Å². The molecule has 0 bridgehead atoms. The number of amides is 1. The summed E-state index contributed by atoms with van der Waals surface area (Å²) in [5.74, 6) is -1.90. The number of halogens is 1. The molecule has 26 heavy (non-hydrogen) atoms. The molecule has 0 saturated heterocycles. The standard InChI is InChI=1S/C19H17FN2O4/c1-11-3-4-12(7-15(11)20)10-22-16-5-6-21-9-14(16)18(24)13(8-17(22)23)19(25)26-2/h3-7,9,24H,8,10H2,1-2H3. The molecular weight excluding hydrogens is 339 g/mol. The molecule has 0 atom stereocenters. The number of methoxy groups -OCH3 is 1. The topological polar surface area (TPSA) is 79.7 Å². The van der Waals surface area contributed by atoms with Crippen LogP contribution in [0.5, 0.6) is 0 Å². The lowest BCUT2D eigenvalue weighted by Gasteiger charge is -2.23. The number of nitrogens with zero attached hydrogens (tertiary/aromatic N) is 2. The third kappa shape index (κ3) is 3.15. The van der Waals surface area contributed by atoms with Gasteiger partial charge in [0.1, 0.15) is 11.6 Å². The van der Waals surface area contributed by atoms with Gasteiger partial charge in [-0.15, -0.1) is 0 Å². The normalized spacial score (nSPS) is 14.1. The Kier molecular flexibility index (Phi) is 4.71. The van der Waals surface area contributed by atoms with Crippen LogP contribution in [0.4, 0.5) is 10.1 Å². The molecule has 1 N–H and O–H groups in total. The van der Waals surface area contributed by atoms with Crippen molar-refractivity contribution in [3.8, 4) is 0 Å². The molecule has 0 saturated carbocycles. The monoisotopic (exact) mass is 356 g/mol. The minimum atomic E-state index is -0.783. The number of carbonyl (C=O) groups is 2. The van der Waals surface area contributed by atoms with Crippen molar-refractivity contribution >= 4 is 23.3 Å². The Labute approximate surface area is 149 Å². The summed E-state index contributed by atoms with van der Waals surface area (Å²) in [6.07, 6.45) is 2.52. The molecule has 0 aliphatic carbocycles. The van der Waals surface area contributed by atoms with E-state index in [9.17, 15) is 19.1 Å². The number of fused-ring (bicyclic) bond motifs is 1. The molecule has 6 nitrogen and oxygen atoms in total. The fraction of sp³-hybridized carbons (Fsp3) is 0.211. The van der Waals surface area contributed by atoms with Crippen LogP contribution >= 0.6 is 0 Å². The second kappa shape index (κ2) is 6.95. The van der Waals surface area contributed by atoms with Crippen molar-refractivity contribution in [1.29, 1.82) is 0 Å². The molecule has 1 aliphatic rings. The van der Waals surface area contributed by atoms with E-state index in [2.05, 4.69) is 9.72 Å². The van der Waals surface area contributed by atoms with Crippen molar-refractivity contribution in [2.45, 2.75) is 19.9 Å². The molecule has 134 valence electrons. The molecule has 0 fully saturated rings. The Morgan fingerprint density at radius 2 is 2.15 bits per heavy atom. The van der Waals surface area contributed by atoms with Crippen molar-refractivity contribution in [2.75, 3.05) is 12.0 Å². The first-order chi connectivity index (χ1) is 12.4. The molecule has 0 unspecified atom stereocenters. The Balaban J connectivity index is 2.06. The highest BCUT2D eigenvalue weighted by molar-refractivity contribution is 6.08. The summed E-state index contributed by atoms with van der Waals surface area (Å²) in [5.41, 5.74) is 1.59. The van der Waals surface area contributed by atoms with Crippen LogP contribution in [0.3, 0.4) is 0 Å². The van der Waals surface area contributed by atoms with Gasteiger partial charge in [0.2, 0.25) is 5.91 Å². The van der Waals surface area contributed by atoms with Crippen LogP contribution in [0.25, 0.3) is 5.76 Å². The summed E-state index contributed by atoms with van der Waals surface area (Å²) in [7, 11) is 1.18. The fourth-order valence-corrected chi connectivity index (χ4v) is 2.81. The smallest absolute Gasteiger partial charge is 0.338 e. The zero-order chi connectivity index (χ0) is 18.8. The van der Waals surface area contributed by atoms with Crippen LogP contribution < -0.4 is 4.90 Å². The van der Waals surface area contributed by atoms with Crippen LogP contribution in [-0.4, -0.2) is 29.1 Å². The first kappa shape index (κ1) is 17.6. The number of aliphatic hydroxyl groups excluding tert-OH is 1. The van der Waals surface area contributed by atoms with Crippen molar-refractivity contribution < 1.29 is 23.8 Å². The zero-order valence-corrected chi connectivity index (χ0v) is 14.3. The van der Waals surface area contributed by atoms with Crippen LogP contribution in [0.1, 0.15) is 23.1 Å². The van der Waals surface area contributed by atoms with E-state index in [1.54, 1.807) is 25.1 Å². The van der Waals surface area contributed by atoms with Crippen LogP contribution in [0, 0.1) is 12.7 Å². The van der Waals surface area contributed by atoms with Gasteiger partial charge in [0, 0.05) is 12.4 Å². The third-order valence-corrected chi connectivity index (χ3v) is 4.27. The van der Waals surface area contributed by atoms with Gasteiger partial charge < -0.3 is 14.7 Å². The molecule has 3 rings (SSSR count). The molecule has 1 aromatic heterocycles. The van der Waals surface area contributed by atoms with E-state index in [0.29, 0.717) is 16.8 Å². The van der Waals surface area contributed by atoms with Gasteiger partial charge in [-0.1, -0.05) is 12.1 Å². The summed E-state index contributed by atoms with van der Waals surface area (Å²) in [6.45, 7) is 1.75. The number of carbonyl (C=O) groups excluding carboxylic acids is 2.